The fraction of sp³-hybridized carbons (Fsp3) is 1.00. The molecule has 0 bridgehead atoms. The van der Waals surface area contributed by atoms with Crippen LogP contribution in [-0.2, 0) is 13.3 Å². The zero-order chi connectivity index (χ0) is 18.2. The van der Waals surface area contributed by atoms with Crippen molar-refractivity contribution in [3.05, 3.63) is 0 Å². The van der Waals surface area contributed by atoms with E-state index in [1.54, 1.807) is 0 Å². The number of hydrogen-bond donors (Lipinski definition) is 1. The van der Waals surface area contributed by atoms with Crippen LogP contribution < -0.4 is 0 Å². The topological polar surface area (TPSA) is 47.9 Å². The summed E-state index contributed by atoms with van der Waals surface area (Å²) < 4.78 is 17.7. The molecule has 0 heterocycles. The van der Waals surface area contributed by atoms with E-state index in [0.717, 1.165) is 19.3 Å². The van der Waals surface area contributed by atoms with Crippen LogP contribution in [0.25, 0.3) is 0 Å². The van der Waals surface area contributed by atoms with Gasteiger partial charge >= 0.3 is 9.05 Å². The molecule has 0 aliphatic carbocycles. The van der Waals surface area contributed by atoms with Crippen LogP contribution in [0, 0.1) is 17.8 Å². The van der Waals surface area contributed by atoms with Gasteiger partial charge in [0.25, 0.3) is 0 Å². The fourth-order valence-corrected chi connectivity index (χ4v) is 4.96. The molecule has 0 aromatic heterocycles. The fourth-order valence-electron chi connectivity index (χ4n) is 2.98. The van der Waals surface area contributed by atoms with E-state index in [2.05, 4.69) is 41.5 Å². The highest BCUT2D eigenvalue weighted by molar-refractivity contribution is 6.52. The van der Waals surface area contributed by atoms with Crippen LogP contribution in [0.4, 0.5) is 0 Å². The molecule has 0 aliphatic rings. The van der Waals surface area contributed by atoms with Crippen LogP contribution in [0.1, 0.15) is 81.6 Å². The molecule has 140 valence electrons. The van der Waals surface area contributed by atoms with E-state index in [1.807, 2.05) is 20.8 Å². The quantitative estimate of drug-likeness (QED) is 0.516. The minimum absolute atomic E-state index is 0.0795. The third-order valence-electron chi connectivity index (χ3n) is 3.46. The second-order valence-electron chi connectivity index (χ2n) is 8.20. The Bertz CT molecular complexity index is 262. The number of hydrogen-bond acceptors (Lipinski definition) is 4. The predicted molar refractivity (Wildman–Crippen MR) is 98.0 cm³/mol. The van der Waals surface area contributed by atoms with Crippen LogP contribution in [0.3, 0.4) is 0 Å². The zero-order valence-electron chi connectivity index (χ0n) is 16.8. The third kappa shape index (κ3) is 12.1. The van der Waals surface area contributed by atoms with Crippen molar-refractivity contribution < 1.29 is 18.1 Å². The average molecular weight is 349 g/mol. The Hall–Kier alpha value is 0.0569. The van der Waals surface area contributed by atoms with E-state index in [-0.39, 0.29) is 18.3 Å². The van der Waals surface area contributed by atoms with Crippen molar-refractivity contribution >= 4 is 9.05 Å². The van der Waals surface area contributed by atoms with Crippen molar-refractivity contribution in [1.29, 1.82) is 0 Å². The molecule has 0 saturated heterocycles. The SMILES string of the molecule is CC(C)CC(C)O[Si](O)(OC(C)CC(C)C)OC(C)CC(C)C. The van der Waals surface area contributed by atoms with E-state index in [1.165, 1.54) is 0 Å². The molecule has 0 rings (SSSR count). The van der Waals surface area contributed by atoms with Gasteiger partial charge in [0.15, 0.2) is 0 Å². The van der Waals surface area contributed by atoms with Gasteiger partial charge in [0.2, 0.25) is 0 Å². The Morgan fingerprint density at radius 1 is 0.565 bits per heavy atom. The summed E-state index contributed by atoms with van der Waals surface area (Å²) in [7, 11) is -3.64. The highest BCUT2D eigenvalue weighted by Crippen LogP contribution is 2.22. The highest BCUT2D eigenvalue weighted by atomic mass is 28.4. The standard InChI is InChI=1S/C18H40O4Si/c1-13(2)10-16(7)20-23(19,21-17(8)11-14(3)4)22-18(9)12-15(5)6/h13-19H,10-12H2,1-9H3. The second-order valence-corrected chi connectivity index (χ2v) is 9.95. The molecule has 23 heavy (non-hydrogen) atoms. The Kier molecular flexibility index (Phi) is 10.9. The van der Waals surface area contributed by atoms with Gasteiger partial charge in [0.05, 0.1) is 0 Å². The van der Waals surface area contributed by atoms with Gasteiger partial charge in [0, 0.05) is 18.3 Å². The molecule has 1 N–H and O–H groups in total. The van der Waals surface area contributed by atoms with Gasteiger partial charge in [-0.05, 0) is 57.8 Å². The maximum Gasteiger partial charge on any atom is 0.677 e. The Morgan fingerprint density at radius 2 is 0.783 bits per heavy atom. The largest absolute Gasteiger partial charge is 0.677 e. The molecule has 0 aliphatic heterocycles. The lowest BCUT2D eigenvalue weighted by Gasteiger charge is -2.32. The highest BCUT2D eigenvalue weighted by Gasteiger charge is 2.46. The first-order valence-electron chi connectivity index (χ1n) is 9.19. The van der Waals surface area contributed by atoms with Crippen LogP contribution in [-0.4, -0.2) is 32.2 Å². The van der Waals surface area contributed by atoms with E-state index >= 15 is 0 Å². The molecule has 5 heteroatoms. The van der Waals surface area contributed by atoms with Crippen LogP contribution in [0.5, 0.6) is 0 Å². The predicted octanol–water partition coefficient (Wildman–Crippen LogP) is 4.77. The van der Waals surface area contributed by atoms with Crippen molar-refractivity contribution in [2.24, 2.45) is 17.8 Å². The van der Waals surface area contributed by atoms with Crippen LogP contribution in [0.15, 0.2) is 0 Å². The Labute approximate surface area is 145 Å². The lowest BCUT2D eigenvalue weighted by atomic mass is 10.1. The van der Waals surface area contributed by atoms with Gasteiger partial charge in [-0.3, -0.25) is 0 Å². The van der Waals surface area contributed by atoms with Gasteiger partial charge in [-0.1, -0.05) is 41.5 Å². The molecule has 0 saturated carbocycles. The lowest BCUT2D eigenvalue weighted by Crippen LogP contribution is -2.52. The van der Waals surface area contributed by atoms with E-state index in [9.17, 15) is 4.80 Å². The normalized spacial score (nSPS) is 19.2. The molecule has 0 fully saturated rings. The van der Waals surface area contributed by atoms with Crippen molar-refractivity contribution in [1.82, 2.24) is 0 Å². The summed E-state index contributed by atoms with van der Waals surface area (Å²) >= 11 is 0. The zero-order valence-corrected chi connectivity index (χ0v) is 17.8. The second kappa shape index (κ2) is 10.8. The van der Waals surface area contributed by atoms with Crippen molar-refractivity contribution in [3.63, 3.8) is 0 Å². The first-order valence-corrected chi connectivity index (χ1v) is 10.9. The molecule has 3 unspecified atom stereocenters. The molecule has 0 amide bonds. The summed E-state index contributed by atoms with van der Waals surface area (Å²) in [6, 6.07) is 0. The molecular formula is C18H40O4Si. The van der Waals surface area contributed by atoms with Gasteiger partial charge < -0.3 is 18.1 Å². The van der Waals surface area contributed by atoms with Crippen molar-refractivity contribution in [2.75, 3.05) is 0 Å². The van der Waals surface area contributed by atoms with Crippen molar-refractivity contribution in [2.45, 2.75) is 99.9 Å². The van der Waals surface area contributed by atoms with Crippen LogP contribution >= 0.6 is 0 Å². The van der Waals surface area contributed by atoms with E-state index < -0.39 is 9.05 Å². The summed E-state index contributed by atoms with van der Waals surface area (Å²) in [5.41, 5.74) is 0. The van der Waals surface area contributed by atoms with Crippen LogP contribution in [0.2, 0.25) is 0 Å². The first-order chi connectivity index (χ1) is 10.4. The molecule has 0 radical (unpaired) electrons. The van der Waals surface area contributed by atoms with E-state index in [0.29, 0.717) is 17.8 Å². The third-order valence-corrected chi connectivity index (χ3v) is 5.56. The van der Waals surface area contributed by atoms with E-state index in [4.69, 9.17) is 13.3 Å². The minimum atomic E-state index is -3.64. The summed E-state index contributed by atoms with van der Waals surface area (Å²) in [6.07, 6.45) is 2.38. The van der Waals surface area contributed by atoms with Gasteiger partial charge in [0.1, 0.15) is 0 Å². The number of rotatable bonds is 12. The summed E-state index contributed by atoms with van der Waals surface area (Å²) in [5, 5.41) is 0. The monoisotopic (exact) mass is 348 g/mol. The minimum Gasteiger partial charge on any atom is -0.367 e. The maximum atomic E-state index is 10.9. The smallest absolute Gasteiger partial charge is 0.367 e. The average Bonchev–Trinajstić information content (AvgIpc) is 2.22. The van der Waals surface area contributed by atoms with Crippen molar-refractivity contribution in [3.8, 4) is 0 Å². The van der Waals surface area contributed by atoms with Gasteiger partial charge in [-0.2, -0.15) is 0 Å². The molecular weight excluding hydrogens is 308 g/mol. The lowest BCUT2D eigenvalue weighted by molar-refractivity contribution is -0.0711. The Morgan fingerprint density at radius 3 is 0.957 bits per heavy atom. The summed E-state index contributed by atoms with van der Waals surface area (Å²) in [4.78, 5) is 10.9. The molecule has 0 aromatic carbocycles. The molecule has 0 spiro atoms. The first kappa shape index (κ1) is 23.1. The molecule has 0 aromatic rings. The maximum absolute atomic E-state index is 10.9. The Balaban J connectivity index is 4.87. The molecule has 3 atom stereocenters. The summed E-state index contributed by atoms with van der Waals surface area (Å²) in [6.45, 7) is 18.8. The molecule has 4 nitrogen and oxygen atoms in total. The van der Waals surface area contributed by atoms with Gasteiger partial charge in [-0.25, -0.2) is 0 Å². The van der Waals surface area contributed by atoms with Gasteiger partial charge in [-0.15, -0.1) is 0 Å². The summed E-state index contributed by atoms with van der Waals surface area (Å²) in [5.74, 6) is 1.51.